The molecule has 4 atom stereocenters. The predicted molar refractivity (Wildman–Crippen MR) is 208 cm³/mol. The standard InChI is InChI=1S/C41H52FN9O3/c1-26-11-10-12-27(2)50(26)40-46-45-37-20-16-29(25-49(37)40)54-35-19-18-33(30-13-8-9-14-31(30)35)43-39(52)44-38-24-36(41(3,4)5)47-51(38)34-23-28(15-17-32(34)42)53-22-21-48(6)7/h8-9,13-17,20,23-27,33,35H,10-12,18-19,21-22H2,1-7H3,(H2,43,44,52)/t26-,27+,33-,35+/m0/s1. The van der Waals surface area contributed by atoms with Crippen LogP contribution in [0, 0.1) is 5.82 Å². The number of hydrogen-bond acceptors (Lipinski definition) is 8. The van der Waals surface area contributed by atoms with Crippen molar-refractivity contribution in [2.24, 2.45) is 0 Å². The number of rotatable bonds is 10. The van der Waals surface area contributed by atoms with E-state index in [4.69, 9.17) is 14.6 Å². The molecule has 0 spiro atoms. The average Bonchev–Trinajstić information content (AvgIpc) is 3.74. The van der Waals surface area contributed by atoms with E-state index in [1.54, 1.807) is 18.2 Å². The molecule has 2 aromatic carbocycles. The Bertz CT molecular complexity index is 2090. The summed E-state index contributed by atoms with van der Waals surface area (Å²) in [5.74, 6) is 1.95. The van der Waals surface area contributed by atoms with Gasteiger partial charge >= 0.3 is 6.03 Å². The third kappa shape index (κ3) is 7.87. The van der Waals surface area contributed by atoms with Crippen molar-refractivity contribution in [2.45, 2.75) is 96.4 Å². The zero-order valence-electron chi connectivity index (χ0n) is 32.3. The summed E-state index contributed by atoms with van der Waals surface area (Å²) in [5.41, 5.74) is 3.32. The van der Waals surface area contributed by atoms with Crippen LogP contribution in [0.4, 0.5) is 21.0 Å². The molecule has 1 fully saturated rings. The number of piperidine rings is 1. The van der Waals surface area contributed by atoms with Crippen LogP contribution in [0.2, 0.25) is 0 Å². The van der Waals surface area contributed by atoms with Crippen LogP contribution in [0.25, 0.3) is 11.3 Å². The Morgan fingerprint density at radius 3 is 2.43 bits per heavy atom. The van der Waals surface area contributed by atoms with Gasteiger partial charge in [-0.3, -0.25) is 9.72 Å². The highest BCUT2D eigenvalue weighted by atomic mass is 19.1. The third-order valence-electron chi connectivity index (χ3n) is 10.5. The number of carbonyl (C=O) groups excluding carboxylic acids is 1. The van der Waals surface area contributed by atoms with Crippen LogP contribution in [-0.2, 0) is 5.41 Å². The summed E-state index contributed by atoms with van der Waals surface area (Å²) in [6, 6.07) is 18.4. The van der Waals surface area contributed by atoms with Crippen LogP contribution in [0.5, 0.6) is 11.5 Å². The van der Waals surface area contributed by atoms with Gasteiger partial charge in [0.25, 0.3) is 0 Å². The number of halogens is 1. The number of aromatic nitrogens is 5. The minimum atomic E-state index is -0.482. The first-order valence-electron chi connectivity index (χ1n) is 19.0. The van der Waals surface area contributed by atoms with Gasteiger partial charge in [0.2, 0.25) is 5.95 Å². The molecule has 54 heavy (non-hydrogen) atoms. The number of anilines is 2. The number of nitrogens with one attached hydrogen (secondary N) is 2. The van der Waals surface area contributed by atoms with E-state index >= 15 is 4.39 Å². The van der Waals surface area contributed by atoms with Crippen molar-refractivity contribution < 1.29 is 18.7 Å². The smallest absolute Gasteiger partial charge is 0.320 e. The van der Waals surface area contributed by atoms with E-state index in [-0.39, 0.29) is 23.2 Å². The van der Waals surface area contributed by atoms with Gasteiger partial charge < -0.3 is 24.6 Å². The zero-order chi connectivity index (χ0) is 38.1. The lowest BCUT2D eigenvalue weighted by atomic mass is 9.85. The second kappa shape index (κ2) is 15.3. The Labute approximate surface area is 316 Å². The van der Waals surface area contributed by atoms with E-state index in [9.17, 15) is 4.79 Å². The maximum absolute atomic E-state index is 15.4. The third-order valence-corrected chi connectivity index (χ3v) is 10.5. The maximum Gasteiger partial charge on any atom is 0.320 e. The summed E-state index contributed by atoms with van der Waals surface area (Å²) in [4.78, 5) is 18.1. The summed E-state index contributed by atoms with van der Waals surface area (Å²) >= 11 is 0. The molecule has 0 unspecified atom stereocenters. The lowest BCUT2D eigenvalue weighted by Crippen LogP contribution is -2.44. The number of amides is 2. The first-order chi connectivity index (χ1) is 25.9. The molecule has 1 aliphatic carbocycles. The Kier molecular flexibility index (Phi) is 10.5. The molecule has 13 heteroatoms. The molecular formula is C41H52FN9O3. The molecule has 5 aromatic rings. The van der Waals surface area contributed by atoms with Gasteiger partial charge in [-0.15, -0.1) is 10.2 Å². The fourth-order valence-electron chi connectivity index (χ4n) is 7.53. The van der Waals surface area contributed by atoms with Gasteiger partial charge in [-0.1, -0.05) is 45.0 Å². The largest absolute Gasteiger partial charge is 0.492 e. The summed E-state index contributed by atoms with van der Waals surface area (Å²) in [6.07, 6.45) is 6.60. The molecule has 0 bridgehead atoms. The number of pyridine rings is 1. The highest BCUT2D eigenvalue weighted by molar-refractivity contribution is 5.89. The van der Waals surface area contributed by atoms with E-state index < -0.39 is 11.8 Å². The first kappa shape index (κ1) is 37.2. The normalized spacial score (nSPS) is 20.2. The SMILES string of the molecule is C[C@@H]1CCC[C@H](C)N1c1nnc2ccc(O[C@@H]3CC[C@H](NC(=O)Nc4cc(C(C)(C)C)nn4-c4cc(OCCN(C)C)ccc4F)c4ccccc43)cn12. The summed E-state index contributed by atoms with van der Waals surface area (Å²) in [7, 11) is 3.93. The molecule has 3 aromatic heterocycles. The van der Waals surface area contributed by atoms with Gasteiger partial charge in [-0.25, -0.2) is 13.9 Å². The van der Waals surface area contributed by atoms with E-state index in [1.165, 1.54) is 17.2 Å². The summed E-state index contributed by atoms with van der Waals surface area (Å²) in [6.45, 7) is 11.7. The summed E-state index contributed by atoms with van der Waals surface area (Å²) in [5, 5.41) is 19.9. The molecule has 2 amide bonds. The molecule has 2 aliphatic rings. The van der Waals surface area contributed by atoms with Gasteiger partial charge in [-0.2, -0.15) is 5.10 Å². The van der Waals surface area contributed by atoms with Crippen LogP contribution in [0.1, 0.15) is 95.7 Å². The molecule has 2 N–H and O–H groups in total. The van der Waals surface area contributed by atoms with E-state index in [1.807, 2.05) is 80.7 Å². The number of ether oxygens (including phenoxy) is 2. The number of hydrogen-bond donors (Lipinski definition) is 2. The second-order valence-corrected chi connectivity index (χ2v) is 15.9. The van der Waals surface area contributed by atoms with Gasteiger partial charge in [-0.05, 0) is 95.4 Å². The van der Waals surface area contributed by atoms with Gasteiger partial charge in [0.15, 0.2) is 5.65 Å². The maximum atomic E-state index is 15.4. The molecule has 0 radical (unpaired) electrons. The van der Waals surface area contributed by atoms with Crippen molar-refractivity contribution in [3.05, 3.63) is 89.5 Å². The predicted octanol–water partition coefficient (Wildman–Crippen LogP) is 7.84. The first-order valence-corrected chi connectivity index (χ1v) is 19.0. The molecule has 12 nitrogen and oxygen atoms in total. The van der Waals surface area contributed by atoms with E-state index in [0.29, 0.717) is 55.3 Å². The Morgan fingerprint density at radius 1 is 0.944 bits per heavy atom. The fourth-order valence-corrected chi connectivity index (χ4v) is 7.53. The number of nitrogens with zero attached hydrogens (tertiary/aromatic N) is 7. The number of likely N-dealkylation sites (N-methyl/N-ethyl adjacent to an activating group) is 1. The average molecular weight is 738 g/mol. The zero-order valence-corrected chi connectivity index (χ0v) is 32.3. The highest BCUT2D eigenvalue weighted by Gasteiger charge is 2.32. The molecule has 286 valence electrons. The number of benzene rings is 2. The lowest BCUT2D eigenvalue weighted by molar-refractivity contribution is 0.171. The Hall–Kier alpha value is -5.17. The number of urea groups is 1. The Morgan fingerprint density at radius 2 is 1.69 bits per heavy atom. The fraction of sp³-hybridized carbons (Fsp3) is 0.463. The van der Waals surface area contributed by atoms with E-state index in [0.717, 1.165) is 41.3 Å². The molecule has 0 saturated carbocycles. The van der Waals surface area contributed by atoms with Crippen molar-refractivity contribution in [1.29, 1.82) is 0 Å². The van der Waals surface area contributed by atoms with Crippen LogP contribution in [-0.4, -0.2) is 74.6 Å². The lowest BCUT2D eigenvalue weighted by Gasteiger charge is -2.39. The van der Waals surface area contributed by atoms with Crippen molar-refractivity contribution in [3.63, 3.8) is 0 Å². The Balaban J connectivity index is 1.09. The minimum absolute atomic E-state index is 0.183. The molecular weight excluding hydrogens is 686 g/mol. The molecule has 4 heterocycles. The topological polar surface area (TPSA) is 114 Å². The number of fused-ring (bicyclic) bond motifs is 2. The van der Waals surface area contributed by atoms with Crippen molar-refractivity contribution in [1.82, 2.24) is 34.6 Å². The van der Waals surface area contributed by atoms with Gasteiger partial charge in [0, 0.05) is 36.2 Å². The minimum Gasteiger partial charge on any atom is -0.492 e. The van der Waals surface area contributed by atoms with Crippen molar-refractivity contribution >= 4 is 23.4 Å². The summed E-state index contributed by atoms with van der Waals surface area (Å²) < 4.78 is 31.4. The second-order valence-electron chi connectivity index (χ2n) is 15.9. The van der Waals surface area contributed by atoms with Crippen molar-refractivity contribution in [3.8, 4) is 17.2 Å². The van der Waals surface area contributed by atoms with Crippen molar-refractivity contribution in [2.75, 3.05) is 37.5 Å². The molecule has 1 saturated heterocycles. The molecule has 7 rings (SSSR count). The highest BCUT2D eigenvalue weighted by Crippen LogP contribution is 2.39. The van der Waals surface area contributed by atoms with Gasteiger partial charge in [0.1, 0.15) is 41.5 Å². The monoisotopic (exact) mass is 737 g/mol. The van der Waals surface area contributed by atoms with Gasteiger partial charge in [0.05, 0.1) is 17.9 Å². The quantitative estimate of drug-likeness (QED) is 0.149. The molecule has 1 aliphatic heterocycles. The van der Waals surface area contributed by atoms with E-state index in [2.05, 4.69) is 45.6 Å². The van der Waals surface area contributed by atoms with Crippen LogP contribution < -0.4 is 25.0 Å². The van der Waals surface area contributed by atoms with Crippen LogP contribution in [0.3, 0.4) is 0 Å². The van der Waals surface area contributed by atoms with Crippen LogP contribution in [0.15, 0.2) is 66.9 Å². The van der Waals surface area contributed by atoms with Crippen LogP contribution >= 0.6 is 0 Å². The number of carbonyl (C=O) groups is 1.